The summed E-state index contributed by atoms with van der Waals surface area (Å²) >= 11 is 2.36. The summed E-state index contributed by atoms with van der Waals surface area (Å²) < 4.78 is -0.0627. The average Bonchev–Trinajstić information content (AvgIpc) is 3.05. The van der Waals surface area contributed by atoms with Gasteiger partial charge in [0.25, 0.3) is 0 Å². The molecule has 0 radical (unpaired) electrons. The number of hydrogen-bond donors (Lipinski definition) is 0. The van der Waals surface area contributed by atoms with Crippen LogP contribution in [-0.4, -0.2) is 0 Å². The Balaban J connectivity index is 0.00000150. The SMILES string of the molecule is Cc1cccc(C(c2cccc(C)c2)[C]2([Ti+3])C=CC(c3ccccc3)=C2)c1.[Cl-].[Cl-].[Cl-]. The molecule has 0 heterocycles. The molecule has 152 valence electrons. The van der Waals surface area contributed by atoms with Gasteiger partial charge in [-0.05, 0) is 0 Å². The smallest absolute Gasteiger partial charge is 1.00 e. The van der Waals surface area contributed by atoms with Gasteiger partial charge in [-0.2, -0.15) is 0 Å². The van der Waals surface area contributed by atoms with Crippen LogP contribution in [0.2, 0.25) is 3.72 Å². The van der Waals surface area contributed by atoms with E-state index >= 15 is 0 Å². The molecule has 0 nitrogen and oxygen atoms in total. The van der Waals surface area contributed by atoms with Crippen LogP contribution in [0.1, 0.15) is 33.7 Å². The summed E-state index contributed by atoms with van der Waals surface area (Å²) in [5, 5.41) is 0. The Kier molecular flexibility index (Phi) is 10.1. The molecule has 30 heavy (non-hydrogen) atoms. The first-order chi connectivity index (χ1) is 13.0. The third-order valence-electron chi connectivity index (χ3n) is 5.27. The van der Waals surface area contributed by atoms with E-state index in [1.54, 1.807) is 0 Å². The van der Waals surface area contributed by atoms with E-state index in [4.69, 9.17) is 0 Å². The van der Waals surface area contributed by atoms with Gasteiger partial charge in [0.2, 0.25) is 0 Å². The van der Waals surface area contributed by atoms with Crippen molar-refractivity contribution in [3.8, 4) is 0 Å². The molecule has 0 N–H and O–H groups in total. The van der Waals surface area contributed by atoms with Crippen molar-refractivity contribution in [2.24, 2.45) is 0 Å². The predicted molar refractivity (Wildman–Crippen MR) is 110 cm³/mol. The quantitative estimate of drug-likeness (QED) is 0.365. The fraction of sp³-hybridized carbons (Fsp3) is 0.154. The van der Waals surface area contributed by atoms with Crippen LogP contribution in [0.3, 0.4) is 0 Å². The Morgan fingerprint density at radius 1 is 0.700 bits per heavy atom. The summed E-state index contributed by atoms with van der Waals surface area (Å²) in [5.41, 5.74) is 7.95. The van der Waals surface area contributed by atoms with Crippen molar-refractivity contribution in [1.29, 1.82) is 0 Å². The van der Waals surface area contributed by atoms with Gasteiger partial charge in [-0.3, -0.25) is 0 Å². The van der Waals surface area contributed by atoms with E-state index in [1.165, 1.54) is 33.4 Å². The van der Waals surface area contributed by atoms with Gasteiger partial charge in [0.15, 0.2) is 0 Å². The Morgan fingerprint density at radius 2 is 1.23 bits per heavy atom. The molecule has 1 aliphatic carbocycles. The van der Waals surface area contributed by atoms with Crippen LogP contribution in [0.15, 0.2) is 97.1 Å². The minimum absolute atomic E-state index is 0. The van der Waals surface area contributed by atoms with E-state index < -0.39 is 0 Å². The largest absolute Gasteiger partial charge is 1.00 e. The number of benzene rings is 3. The van der Waals surface area contributed by atoms with E-state index in [0.717, 1.165) is 0 Å². The minimum atomic E-state index is -0.0627. The van der Waals surface area contributed by atoms with Gasteiger partial charge in [-0.1, -0.05) is 0 Å². The summed E-state index contributed by atoms with van der Waals surface area (Å²) in [4.78, 5) is 0. The van der Waals surface area contributed by atoms with Crippen molar-refractivity contribution in [2.75, 3.05) is 0 Å². The molecule has 0 amide bonds. The number of allylic oxidation sites excluding steroid dienone is 4. The molecule has 0 bridgehead atoms. The normalized spacial score (nSPS) is 16.9. The second-order valence-electron chi connectivity index (χ2n) is 7.49. The van der Waals surface area contributed by atoms with E-state index in [1.807, 2.05) is 0 Å². The van der Waals surface area contributed by atoms with Crippen molar-refractivity contribution < 1.29 is 57.7 Å². The molecule has 4 heteroatoms. The second-order valence-corrected chi connectivity index (χ2v) is 8.85. The number of hydrogen-bond acceptors (Lipinski definition) is 0. The fourth-order valence-corrected chi connectivity index (χ4v) is 4.91. The molecular formula is C26H23Cl3Ti. The van der Waals surface area contributed by atoms with E-state index in [2.05, 4.69) is 131 Å². The molecule has 1 atom stereocenters. The van der Waals surface area contributed by atoms with Crippen LogP contribution in [0, 0.1) is 13.8 Å². The van der Waals surface area contributed by atoms with Crippen LogP contribution >= 0.6 is 0 Å². The summed E-state index contributed by atoms with van der Waals surface area (Å²) in [6.07, 6.45) is 7.11. The zero-order chi connectivity index (χ0) is 18.9. The summed E-state index contributed by atoms with van der Waals surface area (Å²) in [6, 6.07) is 28.6. The van der Waals surface area contributed by atoms with Gasteiger partial charge in [0.05, 0.1) is 0 Å². The summed E-state index contributed by atoms with van der Waals surface area (Å²) in [6.45, 7) is 4.35. The van der Waals surface area contributed by atoms with Crippen LogP contribution in [-0.2, 0) is 20.4 Å². The van der Waals surface area contributed by atoms with Crippen LogP contribution in [0.5, 0.6) is 0 Å². The van der Waals surface area contributed by atoms with Gasteiger partial charge in [0, 0.05) is 0 Å². The van der Waals surface area contributed by atoms with Gasteiger partial charge < -0.3 is 37.2 Å². The molecule has 0 aromatic heterocycles. The molecular weight excluding hydrogens is 467 g/mol. The molecule has 1 aliphatic rings. The number of halogens is 3. The first-order valence-electron chi connectivity index (χ1n) is 9.41. The van der Waals surface area contributed by atoms with Gasteiger partial charge in [-0.25, -0.2) is 0 Å². The Morgan fingerprint density at radius 3 is 1.73 bits per heavy atom. The molecule has 3 aromatic carbocycles. The minimum Gasteiger partial charge on any atom is -1.00 e. The number of aryl methyl sites for hydroxylation is 2. The van der Waals surface area contributed by atoms with Crippen LogP contribution in [0.4, 0.5) is 0 Å². The molecule has 0 aliphatic heterocycles. The first kappa shape index (κ1) is 26.8. The first-order valence-corrected chi connectivity index (χ1v) is 10.2. The Bertz CT molecular complexity index is 982. The van der Waals surface area contributed by atoms with Gasteiger partial charge in [0.1, 0.15) is 0 Å². The van der Waals surface area contributed by atoms with Crippen LogP contribution < -0.4 is 37.2 Å². The topological polar surface area (TPSA) is 0 Å². The Hall–Kier alpha value is -1.28. The molecule has 0 fully saturated rings. The summed E-state index contributed by atoms with van der Waals surface area (Å²) in [7, 11) is 0. The maximum Gasteiger partial charge on any atom is -1.00 e. The van der Waals surface area contributed by atoms with Crippen molar-refractivity contribution in [3.05, 3.63) is 125 Å². The monoisotopic (exact) mass is 488 g/mol. The zero-order valence-corrected chi connectivity index (χ0v) is 20.8. The maximum absolute atomic E-state index is 2.44. The second kappa shape index (κ2) is 11.4. The van der Waals surface area contributed by atoms with E-state index in [-0.39, 0.29) is 46.9 Å². The average molecular weight is 490 g/mol. The van der Waals surface area contributed by atoms with E-state index in [9.17, 15) is 0 Å². The van der Waals surface area contributed by atoms with Crippen molar-refractivity contribution in [2.45, 2.75) is 23.5 Å². The summed E-state index contributed by atoms with van der Waals surface area (Å²) in [5.74, 6) is 0.287. The molecule has 3 aromatic rings. The number of rotatable bonds is 4. The van der Waals surface area contributed by atoms with Crippen molar-refractivity contribution in [1.82, 2.24) is 0 Å². The van der Waals surface area contributed by atoms with Crippen molar-refractivity contribution in [3.63, 3.8) is 0 Å². The van der Waals surface area contributed by atoms with Gasteiger partial charge in [-0.15, -0.1) is 0 Å². The third-order valence-corrected chi connectivity index (χ3v) is 6.21. The zero-order valence-electron chi connectivity index (χ0n) is 16.9. The molecule has 0 saturated heterocycles. The van der Waals surface area contributed by atoms with Crippen LogP contribution in [0.25, 0.3) is 5.57 Å². The van der Waals surface area contributed by atoms with E-state index in [0.29, 0.717) is 0 Å². The molecule has 1 unspecified atom stereocenters. The standard InChI is InChI=1S/C26H23.3ClH.Ti/c1-19-8-6-12-23(16-19)26(24-13-7-9-20(2)17-24)25-15-14-22(18-25)21-10-4-3-5-11-21;;;;/h3-18,26H,1-2H3;3*1H;/q;;;;+3/p-3. The van der Waals surface area contributed by atoms with Crippen molar-refractivity contribution >= 4 is 5.57 Å². The molecule has 4 rings (SSSR count). The maximum atomic E-state index is 2.44. The fourth-order valence-electron chi connectivity index (χ4n) is 4.01. The predicted octanol–water partition coefficient (Wildman–Crippen LogP) is -2.19. The molecule has 0 saturated carbocycles. The molecule has 0 spiro atoms. The Labute approximate surface area is 210 Å². The third kappa shape index (κ3) is 5.70. The van der Waals surface area contributed by atoms with Gasteiger partial charge >= 0.3 is 174 Å².